The van der Waals surface area contributed by atoms with Crippen LogP contribution in [0.1, 0.15) is 47.0 Å². The van der Waals surface area contributed by atoms with Gasteiger partial charge in [0, 0.05) is 5.41 Å². The van der Waals surface area contributed by atoms with Crippen molar-refractivity contribution in [3.8, 4) is 0 Å². The molecule has 0 aromatic heterocycles. The largest absolute Gasteiger partial charge is 0.465 e. The monoisotopic (exact) mass is 360 g/mol. The average Bonchev–Trinajstić information content (AvgIpc) is 3.35. The molecule has 0 saturated heterocycles. The molecular formula is C22H32O4. The number of hydrogen-bond donors (Lipinski definition) is 0. The van der Waals surface area contributed by atoms with Crippen LogP contribution in [-0.2, 0) is 19.1 Å². The van der Waals surface area contributed by atoms with Crippen molar-refractivity contribution in [1.29, 1.82) is 0 Å². The molecule has 4 aliphatic rings. The quantitative estimate of drug-likeness (QED) is 0.410. The molecule has 0 radical (unpaired) electrons. The summed E-state index contributed by atoms with van der Waals surface area (Å²) in [5.74, 6) is 4.04. The summed E-state index contributed by atoms with van der Waals surface area (Å²) >= 11 is 0. The van der Waals surface area contributed by atoms with Gasteiger partial charge in [0.2, 0.25) is 0 Å². The number of allylic oxidation sites excluding steroid dienone is 2. The third kappa shape index (κ3) is 2.99. The summed E-state index contributed by atoms with van der Waals surface area (Å²) in [6.45, 7) is 8.19. The van der Waals surface area contributed by atoms with Crippen LogP contribution in [0.25, 0.3) is 0 Å². The Hall–Kier alpha value is -1.32. The Kier molecular flexibility index (Phi) is 4.44. The highest BCUT2D eigenvalue weighted by Crippen LogP contribution is 2.67. The van der Waals surface area contributed by atoms with Gasteiger partial charge in [-0.2, -0.15) is 0 Å². The number of ether oxygens (including phenoxy) is 2. The molecule has 4 heteroatoms. The van der Waals surface area contributed by atoms with Crippen molar-refractivity contribution < 1.29 is 19.1 Å². The maximum absolute atomic E-state index is 12.8. The minimum atomic E-state index is -0.352. The topological polar surface area (TPSA) is 52.6 Å². The summed E-state index contributed by atoms with van der Waals surface area (Å²) in [4.78, 5) is 24.4. The van der Waals surface area contributed by atoms with Crippen molar-refractivity contribution in [2.24, 2.45) is 52.8 Å². The standard InChI is InChI=1S/C22H32O4/c1-12(2)20(23)25-10-22(3,4)11-26-21(24)17-9-15-8-16(17)19-14-6-5-13(7-14)18(15)19/h5-6,12-19H,7-11H2,1-4H3. The van der Waals surface area contributed by atoms with Crippen LogP contribution in [0.4, 0.5) is 0 Å². The van der Waals surface area contributed by atoms with Crippen LogP contribution in [0.5, 0.6) is 0 Å². The first-order valence-corrected chi connectivity index (χ1v) is 10.3. The Balaban J connectivity index is 1.30. The van der Waals surface area contributed by atoms with Crippen LogP contribution in [0, 0.1) is 52.8 Å². The Morgan fingerprint density at radius 3 is 2.35 bits per heavy atom. The number of rotatable bonds is 6. The lowest BCUT2D eigenvalue weighted by Gasteiger charge is -2.36. The Morgan fingerprint density at radius 2 is 1.65 bits per heavy atom. The third-order valence-corrected chi connectivity index (χ3v) is 7.25. The van der Waals surface area contributed by atoms with E-state index in [9.17, 15) is 9.59 Å². The Bertz CT molecular complexity index is 620. The maximum Gasteiger partial charge on any atom is 0.309 e. The van der Waals surface area contributed by atoms with Crippen LogP contribution < -0.4 is 0 Å². The summed E-state index contributed by atoms with van der Waals surface area (Å²) in [5, 5.41) is 0. The van der Waals surface area contributed by atoms with Gasteiger partial charge < -0.3 is 9.47 Å². The lowest BCUT2D eigenvalue weighted by Crippen LogP contribution is -2.37. The molecule has 7 unspecified atom stereocenters. The van der Waals surface area contributed by atoms with Gasteiger partial charge in [0.1, 0.15) is 0 Å². The van der Waals surface area contributed by atoms with E-state index < -0.39 is 0 Å². The molecule has 0 aliphatic heterocycles. The highest BCUT2D eigenvalue weighted by atomic mass is 16.5. The van der Waals surface area contributed by atoms with Gasteiger partial charge in [0.15, 0.2) is 0 Å². The van der Waals surface area contributed by atoms with Gasteiger partial charge in [-0.15, -0.1) is 0 Å². The molecule has 4 rings (SSSR count). The second-order valence-electron chi connectivity index (χ2n) is 10.1. The molecule has 0 N–H and O–H groups in total. The molecule has 26 heavy (non-hydrogen) atoms. The molecule has 4 bridgehead atoms. The van der Waals surface area contributed by atoms with E-state index in [4.69, 9.17) is 9.47 Å². The van der Waals surface area contributed by atoms with E-state index in [2.05, 4.69) is 12.2 Å². The van der Waals surface area contributed by atoms with Crippen molar-refractivity contribution >= 4 is 11.9 Å². The molecule has 4 aliphatic carbocycles. The third-order valence-electron chi connectivity index (χ3n) is 7.25. The smallest absolute Gasteiger partial charge is 0.309 e. The van der Waals surface area contributed by atoms with E-state index in [-0.39, 0.29) is 35.8 Å². The van der Waals surface area contributed by atoms with Gasteiger partial charge >= 0.3 is 11.9 Å². The molecular weight excluding hydrogens is 328 g/mol. The first kappa shape index (κ1) is 18.1. The molecule has 0 aromatic rings. The van der Waals surface area contributed by atoms with Crippen LogP contribution in [0.2, 0.25) is 0 Å². The molecule has 144 valence electrons. The number of fused-ring (bicyclic) bond motifs is 9. The first-order valence-electron chi connectivity index (χ1n) is 10.3. The average molecular weight is 360 g/mol. The van der Waals surface area contributed by atoms with Crippen LogP contribution in [0.3, 0.4) is 0 Å². The fourth-order valence-corrected chi connectivity index (χ4v) is 6.14. The van der Waals surface area contributed by atoms with E-state index in [1.807, 2.05) is 27.7 Å². The van der Waals surface area contributed by atoms with Crippen molar-refractivity contribution in [3.05, 3.63) is 12.2 Å². The van der Waals surface area contributed by atoms with Crippen molar-refractivity contribution in [2.45, 2.75) is 47.0 Å². The van der Waals surface area contributed by atoms with E-state index in [0.29, 0.717) is 18.4 Å². The molecule has 3 fully saturated rings. The SMILES string of the molecule is CC(C)C(=O)OCC(C)(C)COC(=O)C1CC2CC1C1C3C=CC(C3)C21. The van der Waals surface area contributed by atoms with Gasteiger partial charge in [-0.25, -0.2) is 0 Å². The fraction of sp³-hybridized carbons (Fsp3) is 0.818. The van der Waals surface area contributed by atoms with E-state index in [0.717, 1.165) is 30.1 Å². The maximum atomic E-state index is 12.8. The summed E-state index contributed by atoms with van der Waals surface area (Å²) in [6.07, 6.45) is 8.39. The fourth-order valence-electron chi connectivity index (χ4n) is 6.14. The van der Waals surface area contributed by atoms with E-state index >= 15 is 0 Å². The predicted molar refractivity (Wildman–Crippen MR) is 98.0 cm³/mol. The minimum Gasteiger partial charge on any atom is -0.465 e. The van der Waals surface area contributed by atoms with Crippen LogP contribution >= 0.6 is 0 Å². The highest BCUT2D eigenvalue weighted by molar-refractivity contribution is 5.74. The molecule has 0 heterocycles. The highest BCUT2D eigenvalue weighted by Gasteiger charge is 2.62. The zero-order valence-electron chi connectivity index (χ0n) is 16.4. The van der Waals surface area contributed by atoms with Crippen LogP contribution in [-0.4, -0.2) is 25.2 Å². The Labute approximate surface area is 156 Å². The first-order chi connectivity index (χ1) is 12.3. The second kappa shape index (κ2) is 6.38. The van der Waals surface area contributed by atoms with Crippen LogP contribution in [0.15, 0.2) is 12.2 Å². The number of carbonyl (C=O) groups is 2. The minimum absolute atomic E-state index is 0.0223. The Morgan fingerprint density at radius 1 is 1.00 bits per heavy atom. The van der Waals surface area contributed by atoms with Gasteiger partial charge in [0.05, 0.1) is 25.0 Å². The van der Waals surface area contributed by atoms with Gasteiger partial charge in [0.25, 0.3) is 0 Å². The lowest BCUT2D eigenvalue weighted by molar-refractivity contribution is -0.159. The molecule has 7 atom stereocenters. The van der Waals surface area contributed by atoms with E-state index in [1.165, 1.54) is 12.8 Å². The van der Waals surface area contributed by atoms with Crippen molar-refractivity contribution in [1.82, 2.24) is 0 Å². The zero-order valence-corrected chi connectivity index (χ0v) is 16.4. The van der Waals surface area contributed by atoms with Gasteiger partial charge in [-0.1, -0.05) is 39.8 Å². The van der Waals surface area contributed by atoms with Gasteiger partial charge in [-0.05, 0) is 54.8 Å². The summed E-state index contributed by atoms with van der Waals surface area (Å²) < 4.78 is 11.0. The summed E-state index contributed by atoms with van der Waals surface area (Å²) in [7, 11) is 0. The van der Waals surface area contributed by atoms with Gasteiger partial charge in [-0.3, -0.25) is 9.59 Å². The summed E-state index contributed by atoms with van der Waals surface area (Å²) in [6, 6.07) is 0. The molecule has 3 saturated carbocycles. The number of esters is 2. The molecule has 0 amide bonds. The second-order valence-corrected chi connectivity index (χ2v) is 10.1. The number of hydrogen-bond acceptors (Lipinski definition) is 4. The van der Waals surface area contributed by atoms with Crippen molar-refractivity contribution in [2.75, 3.05) is 13.2 Å². The zero-order chi connectivity index (χ0) is 18.6. The predicted octanol–water partition coefficient (Wildman–Crippen LogP) is 3.85. The molecule has 0 aromatic carbocycles. The van der Waals surface area contributed by atoms with Crippen molar-refractivity contribution in [3.63, 3.8) is 0 Å². The number of carbonyl (C=O) groups excluding carboxylic acids is 2. The molecule has 4 nitrogen and oxygen atoms in total. The van der Waals surface area contributed by atoms with E-state index in [1.54, 1.807) is 0 Å². The summed E-state index contributed by atoms with van der Waals surface area (Å²) in [5.41, 5.74) is -0.352. The normalized spacial score (nSPS) is 39.5. The molecule has 0 spiro atoms. The lowest BCUT2D eigenvalue weighted by atomic mass is 9.69.